The molecule has 0 aromatic heterocycles. The van der Waals surface area contributed by atoms with Gasteiger partial charge in [-0.3, -0.25) is 9.69 Å². The van der Waals surface area contributed by atoms with Gasteiger partial charge < -0.3 is 15.8 Å². The molecular formula is C21H28ClN3O2. The monoisotopic (exact) mass is 389 g/mol. The number of nitrogens with two attached hydrogens (primary N) is 1. The normalized spacial score (nSPS) is 15.0. The van der Waals surface area contributed by atoms with E-state index in [1.807, 2.05) is 36.4 Å². The van der Waals surface area contributed by atoms with E-state index in [1.54, 1.807) is 0 Å². The number of hydrogen-bond donors (Lipinski definition) is 2. The lowest BCUT2D eigenvalue weighted by molar-refractivity contribution is -0.122. The summed E-state index contributed by atoms with van der Waals surface area (Å²) < 4.78 is 5.87. The molecule has 5 nitrogen and oxygen atoms in total. The minimum Gasteiger partial charge on any atom is -0.488 e. The van der Waals surface area contributed by atoms with Crippen molar-refractivity contribution in [2.45, 2.75) is 18.9 Å². The number of hydrogen-bond acceptors (Lipinski definition) is 4. The SMILES string of the molecule is Cl.NCCN(CCc1ccccc1)CC(=O)NCC1Cc2ccccc2O1. The van der Waals surface area contributed by atoms with Crippen molar-refractivity contribution in [2.24, 2.45) is 5.73 Å². The van der Waals surface area contributed by atoms with Crippen LogP contribution in [0, 0.1) is 0 Å². The third-order valence-electron chi connectivity index (χ3n) is 4.61. The van der Waals surface area contributed by atoms with Gasteiger partial charge in [-0.25, -0.2) is 0 Å². The number of amides is 1. The number of carbonyl (C=O) groups excluding carboxylic acids is 1. The maximum absolute atomic E-state index is 12.3. The van der Waals surface area contributed by atoms with Crippen LogP contribution in [0.5, 0.6) is 5.75 Å². The summed E-state index contributed by atoms with van der Waals surface area (Å²) >= 11 is 0. The molecule has 27 heavy (non-hydrogen) atoms. The van der Waals surface area contributed by atoms with E-state index >= 15 is 0 Å². The van der Waals surface area contributed by atoms with Gasteiger partial charge in [0.15, 0.2) is 0 Å². The molecule has 1 unspecified atom stereocenters. The Morgan fingerprint density at radius 1 is 1.11 bits per heavy atom. The third kappa shape index (κ3) is 6.54. The summed E-state index contributed by atoms with van der Waals surface area (Å²) in [5.41, 5.74) is 8.18. The zero-order valence-electron chi connectivity index (χ0n) is 15.5. The number of fused-ring (bicyclic) bond motifs is 1. The van der Waals surface area contributed by atoms with Gasteiger partial charge in [-0.05, 0) is 23.6 Å². The molecule has 1 atom stereocenters. The third-order valence-corrected chi connectivity index (χ3v) is 4.61. The van der Waals surface area contributed by atoms with Gasteiger partial charge >= 0.3 is 0 Å². The van der Waals surface area contributed by atoms with Gasteiger partial charge in [0.05, 0.1) is 13.1 Å². The fourth-order valence-corrected chi connectivity index (χ4v) is 3.24. The van der Waals surface area contributed by atoms with E-state index in [4.69, 9.17) is 10.5 Å². The number of para-hydroxylation sites is 1. The summed E-state index contributed by atoms with van der Waals surface area (Å²) in [7, 11) is 0. The fraction of sp³-hybridized carbons (Fsp3) is 0.381. The molecule has 3 rings (SSSR count). The highest BCUT2D eigenvalue weighted by atomic mass is 35.5. The van der Waals surface area contributed by atoms with Crippen molar-refractivity contribution >= 4 is 18.3 Å². The van der Waals surface area contributed by atoms with Gasteiger partial charge in [-0.1, -0.05) is 48.5 Å². The highest BCUT2D eigenvalue weighted by Gasteiger charge is 2.22. The highest BCUT2D eigenvalue weighted by Crippen LogP contribution is 2.27. The quantitative estimate of drug-likeness (QED) is 0.688. The fourth-order valence-electron chi connectivity index (χ4n) is 3.24. The first-order chi connectivity index (χ1) is 12.7. The maximum atomic E-state index is 12.3. The van der Waals surface area contributed by atoms with E-state index in [0.717, 1.165) is 25.1 Å². The summed E-state index contributed by atoms with van der Waals surface area (Å²) in [6.07, 6.45) is 1.77. The van der Waals surface area contributed by atoms with E-state index in [1.165, 1.54) is 11.1 Å². The number of nitrogens with zero attached hydrogens (tertiary/aromatic N) is 1. The van der Waals surface area contributed by atoms with Crippen LogP contribution in [-0.2, 0) is 17.6 Å². The first kappa shape index (κ1) is 21.2. The van der Waals surface area contributed by atoms with E-state index in [9.17, 15) is 4.79 Å². The number of halogens is 1. The Kier molecular flexibility index (Phi) is 8.58. The van der Waals surface area contributed by atoms with Crippen molar-refractivity contribution in [1.82, 2.24) is 10.2 Å². The van der Waals surface area contributed by atoms with Crippen LogP contribution in [-0.4, -0.2) is 49.6 Å². The Hall–Kier alpha value is -2.08. The molecule has 0 aliphatic carbocycles. The van der Waals surface area contributed by atoms with E-state index in [2.05, 4.69) is 28.4 Å². The molecule has 1 amide bonds. The molecule has 0 fully saturated rings. The second-order valence-corrected chi connectivity index (χ2v) is 6.66. The van der Waals surface area contributed by atoms with Crippen LogP contribution in [0.25, 0.3) is 0 Å². The van der Waals surface area contributed by atoms with Crippen LogP contribution < -0.4 is 15.8 Å². The molecule has 1 heterocycles. The van der Waals surface area contributed by atoms with Crippen molar-refractivity contribution in [3.63, 3.8) is 0 Å². The standard InChI is InChI=1S/C21H27N3O2.ClH/c22-11-13-24(12-10-17-6-2-1-3-7-17)16-21(25)23-15-19-14-18-8-4-5-9-20(18)26-19;/h1-9,19H,10-16,22H2,(H,23,25);1H. The Labute approximate surface area is 167 Å². The van der Waals surface area contributed by atoms with Crippen LogP contribution in [0.2, 0.25) is 0 Å². The van der Waals surface area contributed by atoms with Crippen LogP contribution in [0.4, 0.5) is 0 Å². The summed E-state index contributed by atoms with van der Waals surface area (Å²) in [6.45, 7) is 2.97. The van der Waals surface area contributed by atoms with Crippen molar-refractivity contribution in [3.05, 3.63) is 65.7 Å². The molecule has 0 saturated carbocycles. The van der Waals surface area contributed by atoms with Crippen molar-refractivity contribution < 1.29 is 9.53 Å². The Morgan fingerprint density at radius 3 is 2.59 bits per heavy atom. The van der Waals surface area contributed by atoms with Crippen molar-refractivity contribution in [1.29, 1.82) is 0 Å². The zero-order chi connectivity index (χ0) is 18.2. The zero-order valence-corrected chi connectivity index (χ0v) is 16.3. The first-order valence-electron chi connectivity index (χ1n) is 9.22. The van der Waals surface area contributed by atoms with Gasteiger partial charge in [-0.2, -0.15) is 0 Å². The summed E-state index contributed by atoms with van der Waals surface area (Å²) in [6, 6.07) is 18.3. The van der Waals surface area contributed by atoms with Crippen LogP contribution in [0.1, 0.15) is 11.1 Å². The number of benzene rings is 2. The van der Waals surface area contributed by atoms with Gasteiger partial charge in [-0.15, -0.1) is 12.4 Å². The second-order valence-electron chi connectivity index (χ2n) is 6.66. The van der Waals surface area contributed by atoms with Gasteiger partial charge in [0.2, 0.25) is 5.91 Å². The average molecular weight is 390 g/mol. The number of ether oxygens (including phenoxy) is 1. The molecule has 1 aliphatic rings. The van der Waals surface area contributed by atoms with Gasteiger partial charge in [0.1, 0.15) is 11.9 Å². The topological polar surface area (TPSA) is 67.6 Å². The van der Waals surface area contributed by atoms with Gasteiger partial charge in [0.25, 0.3) is 0 Å². The van der Waals surface area contributed by atoms with Crippen LogP contribution in [0.3, 0.4) is 0 Å². The Bertz CT molecular complexity index is 687. The molecule has 146 valence electrons. The lowest BCUT2D eigenvalue weighted by atomic mass is 10.1. The highest BCUT2D eigenvalue weighted by molar-refractivity contribution is 5.85. The molecule has 1 aliphatic heterocycles. The lowest BCUT2D eigenvalue weighted by Crippen LogP contribution is -2.43. The molecule has 0 bridgehead atoms. The number of rotatable bonds is 9. The smallest absolute Gasteiger partial charge is 0.234 e. The number of carbonyl (C=O) groups is 1. The summed E-state index contributed by atoms with van der Waals surface area (Å²) in [4.78, 5) is 14.4. The van der Waals surface area contributed by atoms with E-state index < -0.39 is 0 Å². The predicted molar refractivity (Wildman–Crippen MR) is 110 cm³/mol. The molecule has 2 aromatic rings. The van der Waals surface area contributed by atoms with E-state index in [-0.39, 0.29) is 24.4 Å². The average Bonchev–Trinajstić information content (AvgIpc) is 3.08. The van der Waals surface area contributed by atoms with Crippen LogP contribution in [0.15, 0.2) is 54.6 Å². The van der Waals surface area contributed by atoms with Crippen LogP contribution >= 0.6 is 12.4 Å². The lowest BCUT2D eigenvalue weighted by Gasteiger charge is -2.21. The minimum absolute atomic E-state index is 0. The number of nitrogens with one attached hydrogen (secondary N) is 1. The van der Waals surface area contributed by atoms with Gasteiger partial charge in [0, 0.05) is 26.1 Å². The molecule has 6 heteroatoms. The molecule has 0 spiro atoms. The first-order valence-corrected chi connectivity index (χ1v) is 9.22. The predicted octanol–water partition coefficient (Wildman–Crippen LogP) is 2.03. The minimum atomic E-state index is 0. The molecule has 0 radical (unpaired) electrons. The van der Waals surface area contributed by atoms with E-state index in [0.29, 0.717) is 26.2 Å². The molecule has 3 N–H and O–H groups in total. The maximum Gasteiger partial charge on any atom is 0.234 e. The molecular weight excluding hydrogens is 362 g/mol. The summed E-state index contributed by atoms with van der Waals surface area (Å²) in [5.74, 6) is 0.949. The summed E-state index contributed by atoms with van der Waals surface area (Å²) in [5, 5.41) is 3.00. The Morgan fingerprint density at radius 2 is 1.85 bits per heavy atom. The molecule has 2 aromatic carbocycles. The molecule has 0 saturated heterocycles. The van der Waals surface area contributed by atoms with Crippen molar-refractivity contribution in [3.8, 4) is 5.75 Å². The Balaban J connectivity index is 0.00000261. The largest absolute Gasteiger partial charge is 0.488 e. The van der Waals surface area contributed by atoms with Crippen molar-refractivity contribution in [2.75, 3.05) is 32.7 Å². The second kappa shape index (κ2) is 10.9.